The predicted molar refractivity (Wildman–Crippen MR) is 98.4 cm³/mol. The molecule has 0 saturated heterocycles. The zero-order valence-corrected chi connectivity index (χ0v) is 14.6. The van der Waals surface area contributed by atoms with Gasteiger partial charge in [0.1, 0.15) is 0 Å². The van der Waals surface area contributed by atoms with Crippen molar-refractivity contribution in [1.29, 1.82) is 0 Å². The number of rotatable bonds is 9. The molecule has 0 amide bonds. The number of ether oxygens (including phenoxy) is 1. The lowest BCUT2D eigenvalue weighted by Crippen LogP contribution is -2.01. The van der Waals surface area contributed by atoms with E-state index in [0.717, 1.165) is 41.0 Å². The smallest absolute Gasteiger partial charge is 0.330 e. The van der Waals surface area contributed by atoms with E-state index < -0.39 is 0 Å². The molecule has 0 radical (unpaired) electrons. The molecule has 3 nitrogen and oxygen atoms in total. The number of benzene rings is 1. The van der Waals surface area contributed by atoms with Crippen molar-refractivity contribution in [2.24, 2.45) is 0 Å². The Kier molecular flexibility index (Phi) is 7.36. The monoisotopic (exact) mass is 348 g/mol. The van der Waals surface area contributed by atoms with Crippen molar-refractivity contribution >= 4 is 39.2 Å². The van der Waals surface area contributed by atoms with Crippen LogP contribution in [0.2, 0.25) is 0 Å². The highest BCUT2D eigenvalue weighted by Gasteiger charge is 2.04. The van der Waals surface area contributed by atoms with Gasteiger partial charge in [0.2, 0.25) is 4.74 Å². The van der Waals surface area contributed by atoms with Gasteiger partial charge in [0.25, 0.3) is 0 Å². The maximum Gasteiger partial charge on any atom is 0.330 e. The van der Waals surface area contributed by atoms with Crippen LogP contribution in [0.5, 0.6) is 0 Å². The van der Waals surface area contributed by atoms with Crippen LogP contribution in [-0.2, 0) is 9.53 Å². The van der Waals surface area contributed by atoms with Crippen molar-refractivity contribution in [3.05, 3.63) is 52.5 Å². The Morgan fingerprint density at radius 1 is 1.22 bits per heavy atom. The Bertz CT molecular complexity index is 722. The first-order valence-corrected chi connectivity index (χ1v) is 9.46. The Balaban J connectivity index is 1.72. The Hall–Kier alpha value is -1.59. The number of hydrogen-bond acceptors (Lipinski definition) is 5. The number of thioether (sulfide) groups is 1. The molecule has 122 valence electrons. The summed E-state index contributed by atoms with van der Waals surface area (Å²) in [5.74, 6) is 0.635. The molecule has 2 aromatic rings. The molecule has 5 heteroatoms. The number of unbranched alkanes of at least 4 members (excludes halogenated alkanes) is 3. The van der Waals surface area contributed by atoms with E-state index in [4.69, 9.17) is 4.74 Å². The number of carbonyl (C=O) groups excluding carboxylic acids is 1. The van der Waals surface area contributed by atoms with Crippen LogP contribution < -0.4 is 4.74 Å². The molecule has 2 rings (SSSR count). The summed E-state index contributed by atoms with van der Waals surface area (Å²) in [6.45, 7) is 3.82. The molecule has 0 bridgehead atoms. The summed E-state index contributed by atoms with van der Waals surface area (Å²) in [4.78, 5) is 23.7. The number of carbonyl (C=O) groups is 1. The van der Waals surface area contributed by atoms with E-state index in [0.29, 0.717) is 6.61 Å². The molecule has 0 unspecified atom stereocenters. The summed E-state index contributed by atoms with van der Waals surface area (Å²) in [5.41, 5.74) is 0. The molecule has 0 aliphatic heterocycles. The molecule has 23 heavy (non-hydrogen) atoms. The molecule has 0 aliphatic rings. The average Bonchev–Trinajstić information content (AvgIpc) is 2.56. The van der Waals surface area contributed by atoms with E-state index in [1.807, 2.05) is 18.2 Å². The highest BCUT2D eigenvalue weighted by atomic mass is 32.2. The summed E-state index contributed by atoms with van der Waals surface area (Å²) in [5, 5.41) is 1.17. The van der Waals surface area contributed by atoms with E-state index in [-0.39, 0.29) is 10.7 Å². The summed E-state index contributed by atoms with van der Waals surface area (Å²) in [6.07, 6.45) is 5.28. The highest BCUT2D eigenvalue weighted by molar-refractivity contribution is 7.99. The van der Waals surface area contributed by atoms with Crippen molar-refractivity contribution in [2.45, 2.75) is 30.6 Å². The molecular weight excluding hydrogens is 328 g/mol. The Morgan fingerprint density at radius 2 is 2.00 bits per heavy atom. The summed E-state index contributed by atoms with van der Waals surface area (Å²) >= 11 is 3.04. The van der Waals surface area contributed by atoms with E-state index in [1.165, 1.54) is 22.8 Å². The van der Waals surface area contributed by atoms with E-state index >= 15 is 0 Å². The van der Waals surface area contributed by atoms with Gasteiger partial charge in [0, 0.05) is 27.1 Å². The lowest BCUT2D eigenvalue weighted by molar-refractivity contribution is -0.137. The summed E-state index contributed by atoms with van der Waals surface area (Å²) < 4.78 is 6.09. The van der Waals surface area contributed by atoms with Crippen molar-refractivity contribution in [2.75, 3.05) is 12.4 Å². The van der Waals surface area contributed by atoms with Gasteiger partial charge in [0.05, 0.1) is 6.61 Å². The van der Waals surface area contributed by atoms with Gasteiger partial charge in [-0.15, -0.1) is 11.8 Å². The molecule has 1 aromatic heterocycles. The van der Waals surface area contributed by atoms with Gasteiger partial charge in [-0.3, -0.25) is 4.79 Å². The van der Waals surface area contributed by atoms with Crippen LogP contribution in [0.25, 0.3) is 10.1 Å². The molecule has 0 N–H and O–H groups in total. The highest BCUT2D eigenvalue weighted by Crippen LogP contribution is 2.28. The van der Waals surface area contributed by atoms with Crippen molar-refractivity contribution < 1.29 is 9.53 Å². The quantitative estimate of drug-likeness (QED) is 0.286. The number of hydrogen-bond donors (Lipinski definition) is 0. The third kappa shape index (κ3) is 5.84. The first-order valence-electron chi connectivity index (χ1n) is 7.65. The maximum absolute atomic E-state index is 11.7. The van der Waals surface area contributed by atoms with Crippen LogP contribution in [0, 0.1) is 0 Å². The zero-order valence-electron chi connectivity index (χ0n) is 13.0. The molecule has 0 aliphatic carbocycles. The Labute approximate surface area is 144 Å². The Morgan fingerprint density at radius 3 is 2.83 bits per heavy atom. The first kappa shape index (κ1) is 17.8. The number of fused-ring (bicyclic) bond motifs is 1. The van der Waals surface area contributed by atoms with Crippen LogP contribution in [0.1, 0.15) is 25.7 Å². The second-order valence-corrected chi connectivity index (χ2v) is 7.24. The van der Waals surface area contributed by atoms with Crippen LogP contribution in [0.4, 0.5) is 0 Å². The minimum absolute atomic E-state index is 0.107. The predicted octanol–water partition coefficient (Wildman–Crippen LogP) is 4.64. The lowest BCUT2D eigenvalue weighted by Gasteiger charge is -2.05. The molecule has 1 heterocycles. The fourth-order valence-corrected chi connectivity index (χ4v) is 4.23. The minimum atomic E-state index is -0.356. The molecule has 1 aromatic carbocycles. The van der Waals surface area contributed by atoms with Gasteiger partial charge in [-0.25, -0.2) is 4.79 Å². The minimum Gasteiger partial charge on any atom is -0.463 e. The van der Waals surface area contributed by atoms with E-state index in [2.05, 4.69) is 12.6 Å². The van der Waals surface area contributed by atoms with Gasteiger partial charge >= 0.3 is 5.97 Å². The van der Waals surface area contributed by atoms with E-state index in [1.54, 1.807) is 17.8 Å². The second-order valence-electron chi connectivity index (χ2n) is 5.06. The van der Waals surface area contributed by atoms with E-state index in [9.17, 15) is 9.59 Å². The number of esters is 1. The molecular formula is C18H20O3S2. The van der Waals surface area contributed by atoms with Crippen LogP contribution in [0.3, 0.4) is 0 Å². The van der Waals surface area contributed by atoms with Crippen molar-refractivity contribution in [3.8, 4) is 0 Å². The fraction of sp³-hybridized carbons (Fsp3) is 0.333. The van der Waals surface area contributed by atoms with Crippen molar-refractivity contribution in [1.82, 2.24) is 0 Å². The molecule has 0 spiro atoms. The standard InChI is InChI=1S/C18H20O3S2/c1-2-17(19)21-11-7-3-4-8-12-22-16-13-18(20)23-15-10-6-5-9-14(15)16/h2,5-6,9-10,13H,1,3-4,7-8,11-12H2. The average molecular weight is 348 g/mol. The largest absolute Gasteiger partial charge is 0.463 e. The second kappa shape index (κ2) is 9.53. The molecule has 0 saturated carbocycles. The maximum atomic E-state index is 11.7. The third-order valence-electron chi connectivity index (χ3n) is 3.32. The summed E-state index contributed by atoms with van der Waals surface area (Å²) in [6, 6.07) is 9.78. The fourth-order valence-electron chi connectivity index (χ4n) is 2.17. The van der Waals surface area contributed by atoms with Gasteiger partial charge in [-0.2, -0.15) is 0 Å². The van der Waals surface area contributed by atoms with Crippen LogP contribution in [0.15, 0.2) is 52.7 Å². The summed E-state index contributed by atoms with van der Waals surface area (Å²) in [7, 11) is 0. The van der Waals surface area contributed by atoms with Gasteiger partial charge < -0.3 is 4.74 Å². The van der Waals surface area contributed by atoms with Crippen LogP contribution in [-0.4, -0.2) is 18.3 Å². The van der Waals surface area contributed by atoms with Crippen molar-refractivity contribution in [3.63, 3.8) is 0 Å². The normalized spacial score (nSPS) is 10.6. The van der Waals surface area contributed by atoms with Gasteiger partial charge in [-0.1, -0.05) is 49.0 Å². The van der Waals surface area contributed by atoms with Crippen LogP contribution >= 0.6 is 23.1 Å². The SMILES string of the molecule is C=CC(=O)OCCCCCCSc1cc(=O)sc2ccccc12. The lowest BCUT2D eigenvalue weighted by atomic mass is 10.2. The molecule has 0 fully saturated rings. The van der Waals surface area contributed by atoms with Gasteiger partial charge in [0.15, 0.2) is 0 Å². The van der Waals surface area contributed by atoms with Gasteiger partial charge in [-0.05, 0) is 24.7 Å². The topological polar surface area (TPSA) is 43.4 Å². The molecule has 0 atom stereocenters. The third-order valence-corrected chi connectivity index (χ3v) is 5.36. The zero-order chi connectivity index (χ0) is 16.5. The first-order chi connectivity index (χ1) is 11.2.